The molecule has 0 spiro atoms. The standard InChI is InChI=1S/C14H23N3O3S/c1-2-21(19,20)17-11-6-10-15-14(18)16-12-9-13-7-4-3-5-8-13/h3-5,7-8,17H,2,6,9-12H2,1H3,(H2,15,16,18). The lowest BCUT2D eigenvalue weighted by molar-refractivity contribution is 0.241. The maximum absolute atomic E-state index is 11.5. The van der Waals surface area contributed by atoms with Gasteiger partial charge in [-0.2, -0.15) is 0 Å². The molecule has 0 atom stereocenters. The summed E-state index contributed by atoms with van der Waals surface area (Å²) in [6, 6.07) is 9.68. The summed E-state index contributed by atoms with van der Waals surface area (Å²) >= 11 is 0. The second-order valence-corrected chi connectivity index (χ2v) is 6.67. The first-order valence-electron chi connectivity index (χ1n) is 7.06. The van der Waals surface area contributed by atoms with Gasteiger partial charge in [-0.3, -0.25) is 0 Å². The van der Waals surface area contributed by atoms with Gasteiger partial charge in [0.2, 0.25) is 10.0 Å². The predicted molar refractivity (Wildman–Crippen MR) is 83.6 cm³/mol. The van der Waals surface area contributed by atoms with Crippen LogP contribution < -0.4 is 15.4 Å². The van der Waals surface area contributed by atoms with Gasteiger partial charge in [0.25, 0.3) is 0 Å². The molecule has 0 aliphatic heterocycles. The minimum absolute atomic E-state index is 0.0698. The Morgan fingerprint density at radius 1 is 1.05 bits per heavy atom. The van der Waals surface area contributed by atoms with E-state index in [9.17, 15) is 13.2 Å². The van der Waals surface area contributed by atoms with E-state index < -0.39 is 10.0 Å². The number of carbonyl (C=O) groups is 1. The predicted octanol–water partition coefficient (Wildman–Crippen LogP) is 0.858. The highest BCUT2D eigenvalue weighted by molar-refractivity contribution is 7.89. The third kappa shape index (κ3) is 8.31. The molecule has 0 aliphatic carbocycles. The van der Waals surface area contributed by atoms with Gasteiger partial charge in [-0.05, 0) is 25.3 Å². The van der Waals surface area contributed by atoms with Crippen molar-refractivity contribution in [1.29, 1.82) is 0 Å². The maximum atomic E-state index is 11.5. The van der Waals surface area contributed by atoms with Gasteiger partial charge in [-0.1, -0.05) is 30.3 Å². The van der Waals surface area contributed by atoms with Crippen molar-refractivity contribution in [1.82, 2.24) is 15.4 Å². The molecule has 0 heterocycles. The maximum Gasteiger partial charge on any atom is 0.314 e. The smallest absolute Gasteiger partial charge is 0.314 e. The first kappa shape index (κ1) is 17.5. The van der Waals surface area contributed by atoms with Gasteiger partial charge in [0.1, 0.15) is 0 Å². The highest BCUT2D eigenvalue weighted by atomic mass is 32.2. The van der Waals surface area contributed by atoms with Gasteiger partial charge in [0.05, 0.1) is 5.75 Å². The van der Waals surface area contributed by atoms with Crippen LogP contribution in [0.15, 0.2) is 30.3 Å². The van der Waals surface area contributed by atoms with Crippen LogP contribution in [0.3, 0.4) is 0 Å². The molecule has 7 heteroatoms. The van der Waals surface area contributed by atoms with Crippen LogP contribution >= 0.6 is 0 Å². The lowest BCUT2D eigenvalue weighted by atomic mass is 10.1. The minimum atomic E-state index is -3.14. The number of sulfonamides is 1. The molecule has 3 N–H and O–H groups in total. The molecule has 0 saturated carbocycles. The molecule has 0 saturated heterocycles. The second kappa shape index (κ2) is 9.36. The number of nitrogens with one attached hydrogen (secondary N) is 3. The van der Waals surface area contributed by atoms with Crippen LogP contribution in [0.1, 0.15) is 18.9 Å². The van der Waals surface area contributed by atoms with E-state index in [1.807, 2.05) is 30.3 Å². The Kier molecular flexibility index (Phi) is 7.78. The summed E-state index contributed by atoms with van der Waals surface area (Å²) < 4.78 is 24.8. The van der Waals surface area contributed by atoms with Crippen LogP contribution in [0.5, 0.6) is 0 Å². The van der Waals surface area contributed by atoms with Crippen LogP contribution in [0.2, 0.25) is 0 Å². The molecule has 0 unspecified atom stereocenters. The van der Waals surface area contributed by atoms with E-state index in [-0.39, 0.29) is 11.8 Å². The molecular weight excluding hydrogens is 290 g/mol. The number of urea groups is 1. The Balaban J connectivity index is 2.04. The number of benzene rings is 1. The van der Waals surface area contributed by atoms with Gasteiger partial charge in [-0.25, -0.2) is 17.9 Å². The third-order valence-electron chi connectivity index (χ3n) is 2.88. The number of carbonyl (C=O) groups excluding carboxylic acids is 1. The van der Waals surface area contributed by atoms with Crippen LogP contribution in [-0.2, 0) is 16.4 Å². The molecule has 0 fully saturated rings. The summed E-state index contributed by atoms with van der Waals surface area (Å²) in [7, 11) is -3.14. The quantitative estimate of drug-likeness (QED) is 0.591. The van der Waals surface area contributed by atoms with Crippen molar-refractivity contribution in [2.24, 2.45) is 0 Å². The van der Waals surface area contributed by atoms with Crippen molar-refractivity contribution in [3.63, 3.8) is 0 Å². The fourth-order valence-corrected chi connectivity index (χ4v) is 2.31. The van der Waals surface area contributed by atoms with Crippen molar-refractivity contribution >= 4 is 16.1 Å². The van der Waals surface area contributed by atoms with Crippen LogP contribution in [0, 0.1) is 0 Å². The molecule has 1 aromatic carbocycles. The summed E-state index contributed by atoms with van der Waals surface area (Å²) in [5, 5.41) is 5.45. The first-order chi connectivity index (χ1) is 10.0. The van der Waals surface area contributed by atoms with Gasteiger partial charge in [0.15, 0.2) is 0 Å². The van der Waals surface area contributed by atoms with E-state index in [4.69, 9.17) is 0 Å². The van der Waals surface area contributed by atoms with E-state index in [2.05, 4.69) is 15.4 Å². The highest BCUT2D eigenvalue weighted by Crippen LogP contribution is 1.97. The zero-order valence-electron chi connectivity index (χ0n) is 12.3. The first-order valence-corrected chi connectivity index (χ1v) is 8.71. The molecule has 0 radical (unpaired) electrons. The van der Waals surface area contributed by atoms with Gasteiger partial charge in [-0.15, -0.1) is 0 Å². The largest absolute Gasteiger partial charge is 0.338 e. The second-order valence-electron chi connectivity index (χ2n) is 4.57. The third-order valence-corrected chi connectivity index (χ3v) is 4.29. The molecule has 1 rings (SSSR count). The SMILES string of the molecule is CCS(=O)(=O)NCCCNC(=O)NCCc1ccccc1. The van der Waals surface area contributed by atoms with Gasteiger partial charge < -0.3 is 10.6 Å². The average molecular weight is 313 g/mol. The van der Waals surface area contributed by atoms with Crippen LogP contribution in [-0.4, -0.2) is 39.8 Å². The Bertz CT molecular complexity index is 518. The number of rotatable bonds is 9. The Morgan fingerprint density at radius 2 is 1.71 bits per heavy atom. The normalized spacial score (nSPS) is 11.1. The van der Waals surface area contributed by atoms with Crippen LogP contribution in [0.4, 0.5) is 4.79 Å². The summed E-state index contributed by atoms with van der Waals surface area (Å²) in [5.74, 6) is 0.0698. The summed E-state index contributed by atoms with van der Waals surface area (Å²) in [4.78, 5) is 11.5. The summed E-state index contributed by atoms with van der Waals surface area (Å²) in [6.45, 7) is 2.92. The molecule has 2 amide bonds. The Labute approximate surface area is 126 Å². The molecule has 6 nitrogen and oxygen atoms in total. The van der Waals surface area contributed by atoms with E-state index in [0.717, 1.165) is 6.42 Å². The highest BCUT2D eigenvalue weighted by Gasteiger charge is 2.04. The molecule has 1 aromatic rings. The van der Waals surface area contributed by atoms with Crippen molar-refractivity contribution in [3.8, 4) is 0 Å². The molecular formula is C14H23N3O3S. The number of hydrogen-bond acceptors (Lipinski definition) is 3. The van der Waals surface area contributed by atoms with Crippen molar-refractivity contribution in [2.45, 2.75) is 19.8 Å². The van der Waals surface area contributed by atoms with Crippen LogP contribution in [0.25, 0.3) is 0 Å². The van der Waals surface area contributed by atoms with Crippen molar-refractivity contribution in [3.05, 3.63) is 35.9 Å². The van der Waals surface area contributed by atoms with E-state index >= 15 is 0 Å². The fraction of sp³-hybridized carbons (Fsp3) is 0.500. The van der Waals surface area contributed by atoms with Crippen molar-refractivity contribution in [2.75, 3.05) is 25.4 Å². The Hall–Kier alpha value is -1.60. The van der Waals surface area contributed by atoms with E-state index in [1.165, 1.54) is 5.56 Å². The molecule has 0 aromatic heterocycles. The molecule has 21 heavy (non-hydrogen) atoms. The van der Waals surface area contributed by atoms with Crippen molar-refractivity contribution < 1.29 is 13.2 Å². The monoisotopic (exact) mass is 313 g/mol. The number of hydrogen-bond donors (Lipinski definition) is 3. The minimum Gasteiger partial charge on any atom is -0.338 e. The lowest BCUT2D eigenvalue weighted by Crippen LogP contribution is -2.38. The topological polar surface area (TPSA) is 87.3 Å². The lowest BCUT2D eigenvalue weighted by Gasteiger charge is -2.08. The number of amides is 2. The summed E-state index contributed by atoms with van der Waals surface area (Å²) in [5.41, 5.74) is 1.17. The van der Waals surface area contributed by atoms with E-state index in [1.54, 1.807) is 6.92 Å². The summed E-state index contributed by atoms with van der Waals surface area (Å²) in [6.07, 6.45) is 1.34. The molecule has 0 bridgehead atoms. The average Bonchev–Trinajstić information content (AvgIpc) is 2.48. The molecule has 118 valence electrons. The fourth-order valence-electron chi connectivity index (χ4n) is 1.65. The zero-order valence-corrected chi connectivity index (χ0v) is 13.1. The zero-order chi connectivity index (χ0) is 15.6. The van der Waals surface area contributed by atoms with Gasteiger partial charge >= 0.3 is 6.03 Å². The molecule has 0 aliphatic rings. The van der Waals surface area contributed by atoms with E-state index in [0.29, 0.717) is 26.1 Å². The Morgan fingerprint density at radius 3 is 2.38 bits per heavy atom. The van der Waals surface area contributed by atoms with Gasteiger partial charge in [0, 0.05) is 19.6 Å².